The predicted molar refractivity (Wildman–Crippen MR) is 63.4 cm³/mol. The fraction of sp³-hybridized carbons (Fsp3) is 0.273. The van der Waals surface area contributed by atoms with Crippen molar-refractivity contribution in [3.05, 3.63) is 40.0 Å². The first-order chi connectivity index (χ1) is 8.19. The Bertz CT molecular complexity index is 513. The van der Waals surface area contributed by atoms with Gasteiger partial charge < -0.3 is 14.3 Å². The van der Waals surface area contributed by atoms with Gasteiger partial charge in [-0.1, -0.05) is 15.9 Å². The van der Waals surface area contributed by atoms with Gasteiger partial charge in [-0.2, -0.15) is 0 Å². The Morgan fingerprint density at radius 2 is 2.24 bits per heavy atom. The highest BCUT2D eigenvalue weighted by atomic mass is 79.9. The highest BCUT2D eigenvalue weighted by Crippen LogP contribution is 2.23. The molecule has 1 heterocycles. The van der Waals surface area contributed by atoms with Crippen LogP contribution in [0, 0.1) is 6.92 Å². The van der Waals surface area contributed by atoms with E-state index in [1.54, 1.807) is 19.1 Å². The normalized spacial score (nSPS) is 10.5. The van der Waals surface area contributed by atoms with Gasteiger partial charge in [0, 0.05) is 17.0 Å². The van der Waals surface area contributed by atoms with Crippen molar-refractivity contribution in [2.24, 2.45) is 0 Å². The number of benzene rings is 1. The van der Waals surface area contributed by atoms with Gasteiger partial charge in [0.25, 0.3) is 5.89 Å². The van der Waals surface area contributed by atoms with Crippen molar-refractivity contribution in [2.45, 2.75) is 20.1 Å². The molecule has 17 heavy (non-hydrogen) atoms. The second-order valence-corrected chi connectivity index (χ2v) is 4.33. The summed E-state index contributed by atoms with van der Waals surface area (Å²) in [6, 6.07) is 5.42. The van der Waals surface area contributed by atoms with Crippen LogP contribution in [0.3, 0.4) is 0 Å². The molecule has 0 unspecified atom stereocenters. The van der Waals surface area contributed by atoms with Gasteiger partial charge in [0.05, 0.1) is 6.61 Å². The van der Waals surface area contributed by atoms with Crippen LogP contribution in [-0.2, 0) is 13.2 Å². The van der Waals surface area contributed by atoms with Crippen molar-refractivity contribution in [1.29, 1.82) is 0 Å². The number of nitrogens with zero attached hydrogens (tertiary/aromatic N) is 2. The van der Waals surface area contributed by atoms with E-state index in [-0.39, 0.29) is 13.2 Å². The zero-order chi connectivity index (χ0) is 12.3. The molecule has 1 N–H and O–H groups in total. The maximum atomic E-state index is 9.19. The monoisotopic (exact) mass is 298 g/mol. The third kappa shape index (κ3) is 3.04. The Morgan fingerprint density at radius 1 is 1.41 bits per heavy atom. The largest absolute Gasteiger partial charge is 0.483 e. The number of rotatable bonds is 4. The van der Waals surface area contributed by atoms with Gasteiger partial charge in [-0.3, -0.25) is 0 Å². The number of halogens is 1. The van der Waals surface area contributed by atoms with E-state index in [2.05, 4.69) is 26.1 Å². The van der Waals surface area contributed by atoms with E-state index in [0.29, 0.717) is 23.1 Å². The molecule has 0 atom stereocenters. The minimum Gasteiger partial charge on any atom is -0.483 e. The van der Waals surface area contributed by atoms with E-state index in [9.17, 15) is 5.11 Å². The maximum Gasteiger partial charge on any atom is 0.253 e. The summed E-state index contributed by atoms with van der Waals surface area (Å²) in [7, 11) is 0. The van der Waals surface area contributed by atoms with Crippen LogP contribution in [0.15, 0.2) is 27.1 Å². The highest BCUT2D eigenvalue weighted by molar-refractivity contribution is 9.10. The van der Waals surface area contributed by atoms with Crippen molar-refractivity contribution in [3.8, 4) is 5.75 Å². The third-order valence-corrected chi connectivity index (χ3v) is 2.61. The molecule has 90 valence electrons. The Balaban J connectivity index is 2.08. The van der Waals surface area contributed by atoms with E-state index >= 15 is 0 Å². The Hall–Kier alpha value is -1.40. The van der Waals surface area contributed by atoms with E-state index in [0.717, 1.165) is 4.47 Å². The number of aliphatic hydroxyl groups excluding tert-OH is 1. The van der Waals surface area contributed by atoms with Crippen LogP contribution in [0.4, 0.5) is 0 Å². The molecule has 0 radical (unpaired) electrons. The SMILES string of the molecule is Cc1nnc(COc2ccc(Br)cc2CO)o1. The molecule has 0 saturated heterocycles. The van der Waals surface area contributed by atoms with Crippen molar-refractivity contribution >= 4 is 15.9 Å². The smallest absolute Gasteiger partial charge is 0.253 e. The summed E-state index contributed by atoms with van der Waals surface area (Å²) in [5.41, 5.74) is 0.704. The van der Waals surface area contributed by atoms with Crippen molar-refractivity contribution in [3.63, 3.8) is 0 Å². The Morgan fingerprint density at radius 3 is 2.88 bits per heavy atom. The average Bonchev–Trinajstić information content (AvgIpc) is 2.73. The molecule has 2 rings (SSSR count). The number of aryl methyl sites for hydroxylation is 1. The lowest BCUT2D eigenvalue weighted by Gasteiger charge is -2.08. The zero-order valence-electron chi connectivity index (χ0n) is 9.18. The molecule has 0 aliphatic carbocycles. The summed E-state index contributed by atoms with van der Waals surface area (Å²) in [4.78, 5) is 0. The van der Waals surface area contributed by atoms with Crippen molar-refractivity contribution in [1.82, 2.24) is 10.2 Å². The lowest BCUT2D eigenvalue weighted by atomic mass is 10.2. The van der Waals surface area contributed by atoms with Gasteiger partial charge in [0.15, 0.2) is 6.61 Å². The average molecular weight is 299 g/mol. The summed E-state index contributed by atoms with van der Waals surface area (Å²) >= 11 is 3.33. The summed E-state index contributed by atoms with van der Waals surface area (Å²) < 4.78 is 11.6. The first kappa shape index (κ1) is 12.1. The van der Waals surface area contributed by atoms with Crippen LogP contribution in [0.1, 0.15) is 17.3 Å². The minimum absolute atomic E-state index is 0.0857. The van der Waals surface area contributed by atoms with Crippen LogP contribution in [0.2, 0.25) is 0 Å². The predicted octanol–water partition coefficient (Wildman–Crippen LogP) is 2.21. The van der Waals surface area contributed by atoms with Gasteiger partial charge >= 0.3 is 0 Å². The van der Waals surface area contributed by atoms with Crippen LogP contribution < -0.4 is 4.74 Å². The lowest BCUT2D eigenvalue weighted by Crippen LogP contribution is -1.99. The van der Waals surface area contributed by atoms with Crippen molar-refractivity contribution in [2.75, 3.05) is 0 Å². The number of ether oxygens (including phenoxy) is 1. The molecule has 2 aromatic rings. The standard InChI is InChI=1S/C11H11BrN2O3/c1-7-13-14-11(17-7)6-16-10-3-2-9(12)4-8(10)5-15/h2-4,15H,5-6H2,1H3. The molecule has 5 nitrogen and oxygen atoms in total. The second kappa shape index (κ2) is 5.29. The lowest BCUT2D eigenvalue weighted by molar-refractivity contribution is 0.239. The van der Waals surface area contributed by atoms with Gasteiger partial charge in [0.2, 0.25) is 5.89 Å². The van der Waals surface area contributed by atoms with Gasteiger partial charge in [0.1, 0.15) is 5.75 Å². The first-order valence-corrected chi connectivity index (χ1v) is 5.79. The quantitative estimate of drug-likeness (QED) is 0.937. The van der Waals surface area contributed by atoms with E-state index < -0.39 is 0 Å². The minimum atomic E-state index is -0.0857. The molecule has 0 bridgehead atoms. The van der Waals surface area contributed by atoms with E-state index in [1.165, 1.54) is 0 Å². The van der Waals surface area contributed by atoms with Crippen LogP contribution in [0.5, 0.6) is 5.75 Å². The fourth-order valence-corrected chi connectivity index (χ4v) is 1.76. The molecule has 0 fully saturated rings. The maximum absolute atomic E-state index is 9.19. The Labute approximate surface area is 107 Å². The van der Waals surface area contributed by atoms with E-state index in [1.807, 2.05) is 6.07 Å². The second-order valence-electron chi connectivity index (χ2n) is 3.41. The van der Waals surface area contributed by atoms with Crippen molar-refractivity contribution < 1.29 is 14.3 Å². The molecule has 0 aliphatic rings. The summed E-state index contributed by atoms with van der Waals surface area (Å²) in [5.74, 6) is 1.52. The summed E-state index contributed by atoms with van der Waals surface area (Å²) in [5, 5.41) is 16.7. The molecule has 0 amide bonds. The van der Waals surface area contributed by atoms with Crippen LogP contribution in [-0.4, -0.2) is 15.3 Å². The third-order valence-electron chi connectivity index (χ3n) is 2.11. The summed E-state index contributed by atoms with van der Waals surface area (Å²) in [6.45, 7) is 1.82. The number of hydrogen-bond acceptors (Lipinski definition) is 5. The molecular formula is C11H11BrN2O3. The summed E-state index contributed by atoms with van der Waals surface area (Å²) in [6.07, 6.45) is 0. The zero-order valence-corrected chi connectivity index (χ0v) is 10.8. The fourth-order valence-electron chi connectivity index (χ4n) is 1.35. The number of aromatic nitrogens is 2. The molecule has 6 heteroatoms. The highest BCUT2D eigenvalue weighted by Gasteiger charge is 2.07. The Kier molecular flexibility index (Phi) is 3.75. The molecule has 0 aliphatic heterocycles. The van der Waals surface area contributed by atoms with Gasteiger partial charge in [-0.15, -0.1) is 10.2 Å². The molecule has 0 saturated carbocycles. The number of hydrogen-bond donors (Lipinski definition) is 1. The number of aliphatic hydroxyl groups is 1. The topological polar surface area (TPSA) is 68.4 Å². The molecular weight excluding hydrogens is 288 g/mol. The van der Waals surface area contributed by atoms with Gasteiger partial charge in [-0.25, -0.2) is 0 Å². The first-order valence-electron chi connectivity index (χ1n) is 5.00. The van der Waals surface area contributed by atoms with Crippen LogP contribution in [0.25, 0.3) is 0 Å². The molecule has 1 aromatic heterocycles. The molecule has 0 spiro atoms. The molecule has 1 aromatic carbocycles. The van der Waals surface area contributed by atoms with Crippen LogP contribution >= 0.6 is 15.9 Å². The van der Waals surface area contributed by atoms with Gasteiger partial charge in [-0.05, 0) is 18.2 Å². The van der Waals surface area contributed by atoms with E-state index in [4.69, 9.17) is 9.15 Å².